The third-order valence-corrected chi connectivity index (χ3v) is 22.0. The SMILES string of the molecule is CN1C(=O)[C@]2(O)C[C@]3([C@]45C[C@@]6(O)C(=O)N(C)[C@](C)(O[Si](C)(C)C(C)(C)C)C(=O)N6[C@H]4N(S(=O)(=O)c4ccccc4)c4ccccc45)c4ccccc4C[C@@H]3N2C(=O)C1(C)C. The van der Waals surface area contributed by atoms with Gasteiger partial charge in [-0.05, 0) is 80.2 Å². The van der Waals surface area contributed by atoms with E-state index in [1.165, 1.54) is 43.0 Å². The number of rotatable bonds is 5. The molecule has 0 unspecified atom stereocenters. The van der Waals surface area contributed by atoms with Crippen molar-refractivity contribution in [1.82, 2.24) is 19.6 Å². The Morgan fingerprint density at radius 1 is 0.700 bits per heavy atom. The number of fused-ring (bicyclic) bond motifs is 11. The molecule has 0 aromatic heterocycles. The molecule has 5 aliphatic heterocycles. The molecule has 318 valence electrons. The molecule has 5 heterocycles. The molecule has 0 bridgehead atoms. The van der Waals surface area contributed by atoms with Crippen LogP contribution in [0, 0.1) is 0 Å². The Hall–Kier alpha value is -4.61. The van der Waals surface area contributed by atoms with Gasteiger partial charge >= 0.3 is 0 Å². The van der Waals surface area contributed by atoms with Gasteiger partial charge in [-0.25, -0.2) is 12.7 Å². The lowest BCUT2D eigenvalue weighted by Gasteiger charge is -2.55. The highest BCUT2D eigenvalue weighted by molar-refractivity contribution is 7.93. The summed E-state index contributed by atoms with van der Waals surface area (Å²) in [7, 11) is -4.67. The van der Waals surface area contributed by atoms with Crippen molar-refractivity contribution in [1.29, 1.82) is 0 Å². The number of carbonyl (C=O) groups is 4. The summed E-state index contributed by atoms with van der Waals surface area (Å²) in [4.78, 5) is 65.4. The van der Waals surface area contributed by atoms with Crippen molar-refractivity contribution in [3.05, 3.63) is 95.6 Å². The topological polar surface area (TPSA) is 168 Å². The van der Waals surface area contributed by atoms with Gasteiger partial charge in [-0.3, -0.25) is 24.1 Å². The fraction of sp³-hybridized carbons (Fsp3) is 0.500. The highest BCUT2D eigenvalue weighted by Gasteiger charge is 2.86. The largest absolute Gasteiger partial charge is 0.388 e. The number of sulfonamides is 1. The number of hydrogen-bond donors (Lipinski definition) is 2. The smallest absolute Gasteiger partial charge is 0.279 e. The molecule has 0 saturated carbocycles. The molecular formula is C44H53N5O9SSi. The van der Waals surface area contributed by atoms with E-state index in [-0.39, 0.29) is 17.0 Å². The van der Waals surface area contributed by atoms with Crippen LogP contribution in [0.2, 0.25) is 18.1 Å². The lowest BCUT2D eigenvalue weighted by molar-refractivity contribution is -0.221. The molecule has 14 nitrogen and oxygen atoms in total. The van der Waals surface area contributed by atoms with E-state index in [0.717, 1.165) is 19.7 Å². The standard InChI is InChI=1S/C44H53N5O9SSi/c1-38(2,3)60(9,10)58-40(6)35(51)48-33-42(26-44(48,55)37(53)46(40)8,30-22-16-17-23-31(30)49(33)59(56,57)28-19-12-11-13-20-28)41-25-43(54)36(52)45(7)39(4,5)34(50)47(43)32(41)24-27-18-14-15-21-29(27)41/h11-23,32-33,54-55H,24-26H2,1-10H3/t32-,33-,40+,41-,42-,43+,44+/m0/s1. The van der Waals surface area contributed by atoms with Crippen molar-refractivity contribution >= 4 is 47.7 Å². The van der Waals surface area contributed by atoms with Crippen LogP contribution in [0.1, 0.15) is 71.1 Å². The average Bonchev–Trinajstić information content (AvgIpc) is 3.85. The second-order valence-corrected chi connectivity index (χ2v) is 26.3. The first-order valence-corrected chi connectivity index (χ1v) is 24.7. The molecule has 60 heavy (non-hydrogen) atoms. The van der Waals surface area contributed by atoms with E-state index >= 15 is 18.0 Å². The molecule has 4 amide bonds. The van der Waals surface area contributed by atoms with Gasteiger partial charge in [-0.1, -0.05) is 81.4 Å². The number of piperazine rings is 2. The van der Waals surface area contributed by atoms with Gasteiger partial charge in [0.2, 0.25) is 17.2 Å². The van der Waals surface area contributed by atoms with Crippen molar-refractivity contribution in [3.63, 3.8) is 0 Å². The third kappa shape index (κ3) is 4.45. The van der Waals surface area contributed by atoms with Crippen LogP contribution in [-0.2, 0) is 50.9 Å². The Balaban J connectivity index is 1.41. The predicted octanol–water partition coefficient (Wildman–Crippen LogP) is 3.62. The molecule has 7 atom stereocenters. The summed E-state index contributed by atoms with van der Waals surface area (Å²) in [6.07, 6.45) is -2.47. The normalized spacial score (nSPS) is 34.4. The fourth-order valence-corrected chi connectivity index (χ4v) is 14.7. The van der Waals surface area contributed by atoms with E-state index in [9.17, 15) is 19.8 Å². The van der Waals surface area contributed by atoms with Gasteiger partial charge in [-0.2, -0.15) is 0 Å². The fourth-order valence-electron chi connectivity index (χ4n) is 11.4. The summed E-state index contributed by atoms with van der Waals surface area (Å²) >= 11 is 0. The molecule has 1 aliphatic carbocycles. The van der Waals surface area contributed by atoms with Gasteiger partial charge in [0.15, 0.2) is 8.32 Å². The molecule has 2 N–H and O–H groups in total. The molecular weight excluding hydrogens is 803 g/mol. The number of para-hydroxylation sites is 1. The van der Waals surface area contributed by atoms with Gasteiger partial charge in [0.1, 0.15) is 11.7 Å². The molecule has 3 aromatic rings. The van der Waals surface area contributed by atoms with Crippen molar-refractivity contribution in [2.75, 3.05) is 18.4 Å². The van der Waals surface area contributed by atoms with Gasteiger partial charge < -0.3 is 29.3 Å². The van der Waals surface area contributed by atoms with E-state index in [1.807, 2.05) is 52.1 Å². The second-order valence-electron chi connectivity index (χ2n) is 19.8. The number of nitrogens with zero attached hydrogens (tertiary/aromatic N) is 5. The van der Waals surface area contributed by atoms with E-state index in [4.69, 9.17) is 4.43 Å². The Bertz CT molecular complexity index is 2550. The zero-order valence-corrected chi connectivity index (χ0v) is 37.5. The summed E-state index contributed by atoms with van der Waals surface area (Å²) in [5, 5.41) is 25.9. The monoisotopic (exact) mass is 855 g/mol. The van der Waals surface area contributed by atoms with E-state index in [0.29, 0.717) is 11.1 Å². The van der Waals surface area contributed by atoms with Crippen LogP contribution in [0.25, 0.3) is 0 Å². The second kappa shape index (κ2) is 11.8. The van der Waals surface area contributed by atoms with Gasteiger partial charge in [-0.15, -0.1) is 0 Å². The maximum atomic E-state index is 15.9. The van der Waals surface area contributed by atoms with Crippen LogP contribution < -0.4 is 4.31 Å². The Morgan fingerprint density at radius 3 is 1.87 bits per heavy atom. The first-order chi connectivity index (χ1) is 27.7. The molecule has 0 radical (unpaired) electrons. The highest BCUT2D eigenvalue weighted by atomic mass is 32.2. The zero-order valence-electron chi connectivity index (χ0n) is 35.7. The molecule has 6 aliphatic rings. The Labute approximate surface area is 351 Å². The zero-order chi connectivity index (χ0) is 43.8. The maximum Gasteiger partial charge on any atom is 0.279 e. The molecule has 3 aromatic carbocycles. The number of hydrogen-bond acceptors (Lipinski definition) is 9. The summed E-state index contributed by atoms with van der Waals surface area (Å²) in [6.45, 7) is 14.6. The average molecular weight is 856 g/mol. The molecule has 4 saturated heterocycles. The molecule has 4 fully saturated rings. The van der Waals surface area contributed by atoms with Crippen LogP contribution in [0.3, 0.4) is 0 Å². The van der Waals surface area contributed by atoms with Crippen molar-refractivity contribution in [2.45, 2.75) is 130 Å². The minimum absolute atomic E-state index is 0.101. The molecule has 16 heteroatoms. The quantitative estimate of drug-likeness (QED) is 0.365. The number of anilines is 1. The van der Waals surface area contributed by atoms with E-state index < -0.39 is 106 Å². The van der Waals surface area contributed by atoms with Crippen LogP contribution >= 0.6 is 0 Å². The minimum atomic E-state index is -4.65. The number of aliphatic hydroxyl groups is 2. The van der Waals surface area contributed by atoms with Crippen LogP contribution in [0.4, 0.5) is 5.69 Å². The van der Waals surface area contributed by atoms with Gasteiger partial charge in [0.25, 0.3) is 33.7 Å². The van der Waals surface area contributed by atoms with Crippen LogP contribution in [0.15, 0.2) is 83.8 Å². The number of carbonyl (C=O) groups excluding carboxylic acids is 4. The minimum Gasteiger partial charge on any atom is -0.388 e. The maximum absolute atomic E-state index is 15.9. The lowest BCUT2D eigenvalue weighted by atomic mass is 9.53. The van der Waals surface area contributed by atoms with Gasteiger partial charge in [0.05, 0.1) is 16.0 Å². The predicted molar refractivity (Wildman–Crippen MR) is 223 cm³/mol. The first kappa shape index (κ1) is 40.8. The Morgan fingerprint density at radius 2 is 1.23 bits per heavy atom. The summed E-state index contributed by atoms with van der Waals surface area (Å²) < 4.78 is 39.1. The molecule has 0 spiro atoms. The van der Waals surface area contributed by atoms with E-state index in [2.05, 4.69) is 0 Å². The number of amides is 4. The van der Waals surface area contributed by atoms with E-state index in [1.54, 1.807) is 62.4 Å². The van der Waals surface area contributed by atoms with Crippen LogP contribution in [-0.4, -0.2) is 119 Å². The number of benzene rings is 3. The van der Waals surface area contributed by atoms with Crippen LogP contribution in [0.5, 0.6) is 0 Å². The summed E-state index contributed by atoms with van der Waals surface area (Å²) in [5.74, 6) is -2.95. The van der Waals surface area contributed by atoms with Gasteiger partial charge in [0, 0.05) is 38.4 Å². The highest BCUT2D eigenvalue weighted by Crippen LogP contribution is 2.73. The van der Waals surface area contributed by atoms with Crippen molar-refractivity contribution in [2.24, 2.45) is 0 Å². The third-order valence-electron chi connectivity index (χ3n) is 15.7. The number of likely N-dealkylation sites (N-methyl/N-ethyl adjacent to an activating group) is 2. The lowest BCUT2D eigenvalue weighted by Crippen LogP contribution is -2.78. The van der Waals surface area contributed by atoms with Crippen molar-refractivity contribution in [3.8, 4) is 0 Å². The summed E-state index contributed by atoms with van der Waals surface area (Å²) in [5.41, 5.74) is -9.87. The summed E-state index contributed by atoms with van der Waals surface area (Å²) in [6, 6.07) is 20.9. The molecule has 9 rings (SSSR count). The van der Waals surface area contributed by atoms with Crippen molar-refractivity contribution < 1.29 is 42.2 Å². The first-order valence-electron chi connectivity index (χ1n) is 20.4. The Kier molecular flexibility index (Phi) is 8.05.